The Balaban J connectivity index is 0.942. The van der Waals surface area contributed by atoms with Crippen molar-refractivity contribution in [3.63, 3.8) is 0 Å². The number of ether oxygens (including phenoxy) is 1. The Morgan fingerprint density at radius 3 is 1.70 bits per heavy atom. The highest BCUT2D eigenvalue weighted by molar-refractivity contribution is 6.13. The largest absolute Gasteiger partial charge is 0.456 e. The van der Waals surface area contributed by atoms with E-state index in [4.69, 9.17) is 9.15 Å². The summed E-state index contributed by atoms with van der Waals surface area (Å²) in [5, 5.41) is 6.76. The van der Waals surface area contributed by atoms with Gasteiger partial charge in [-0.3, -0.25) is 0 Å². The first kappa shape index (κ1) is 38.4. The number of rotatable bonds is 4. The zero-order valence-electron chi connectivity index (χ0n) is 38.1. The van der Waals surface area contributed by atoms with Crippen LogP contribution in [0, 0.1) is 0 Å². The van der Waals surface area contributed by atoms with Crippen LogP contribution in [0.2, 0.25) is 0 Å². The van der Waals surface area contributed by atoms with Gasteiger partial charge in [-0.1, -0.05) is 190 Å². The van der Waals surface area contributed by atoms with E-state index in [9.17, 15) is 0 Å². The normalized spacial score (nSPS) is 14.3. The number of hydrogen-bond donors (Lipinski definition) is 0. The zero-order valence-corrected chi connectivity index (χ0v) is 38.1. The van der Waals surface area contributed by atoms with E-state index < -0.39 is 5.41 Å². The van der Waals surface area contributed by atoms with Crippen LogP contribution in [0.1, 0.15) is 47.2 Å². The number of hydrogen-bond acceptors (Lipinski definition) is 3. The van der Waals surface area contributed by atoms with Crippen LogP contribution in [0.25, 0.3) is 76.9 Å². The van der Waals surface area contributed by atoms with Crippen molar-refractivity contribution in [2.45, 2.75) is 24.7 Å². The molecular weight excluding hydrogens is 839 g/mol. The fraction of sp³-hybridized carbons (Fsp3) is 0.0606. The third-order valence-corrected chi connectivity index (χ3v) is 15.7. The van der Waals surface area contributed by atoms with Crippen LogP contribution in [0.3, 0.4) is 0 Å². The molecule has 2 aliphatic carbocycles. The van der Waals surface area contributed by atoms with Gasteiger partial charge in [-0.15, -0.1) is 0 Å². The van der Waals surface area contributed by atoms with Gasteiger partial charge in [-0.25, -0.2) is 0 Å². The molecular formula is C66H43NO2. The molecule has 11 aromatic carbocycles. The van der Waals surface area contributed by atoms with Crippen LogP contribution in [-0.2, 0) is 10.8 Å². The molecule has 0 atom stereocenters. The van der Waals surface area contributed by atoms with E-state index in [1.165, 1.54) is 55.6 Å². The topological polar surface area (TPSA) is 25.6 Å². The molecule has 0 saturated heterocycles. The van der Waals surface area contributed by atoms with Crippen molar-refractivity contribution >= 4 is 60.5 Å². The van der Waals surface area contributed by atoms with Gasteiger partial charge in [0.25, 0.3) is 0 Å². The van der Waals surface area contributed by atoms with E-state index in [2.05, 4.69) is 237 Å². The van der Waals surface area contributed by atoms with Crippen LogP contribution in [0.5, 0.6) is 11.5 Å². The maximum absolute atomic E-state index is 7.21. The molecule has 0 radical (unpaired) electrons. The maximum atomic E-state index is 7.21. The molecule has 0 amide bonds. The second-order valence-corrected chi connectivity index (χ2v) is 19.5. The van der Waals surface area contributed by atoms with E-state index in [-0.39, 0.29) is 5.41 Å². The molecule has 3 aliphatic rings. The first-order valence-electron chi connectivity index (χ1n) is 24.0. The Labute approximate surface area is 400 Å². The number of benzene rings is 11. The van der Waals surface area contributed by atoms with Gasteiger partial charge in [0.15, 0.2) is 0 Å². The van der Waals surface area contributed by atoms with Gasteiger partial charge in [0.05, 0.1) is 16.5 Å². The molecule has 0 fully saturated rings. The lowest BCUT2D eigenvalue weighted by Gasteiger charge is -2.40. The Morgan fingerprint density at radius 2 is 0.928 bits per heavy atom. The number of fused-ring (bicyclic) bond motifs is 19. The Kier molecular flexibility index (Phi) is 7.77. The monoisotopic (exact) mass is 881 g/mol. The van der Waals surface area contributed by atoms with Crippen molar-refractivity contribution in [2.24, 2.45) is 0 Å². The average Bonchev–Trinajstić information content (AvgIpc) is 4.00. The standard InChI is InChI=1S/C66H43NO2/c1-65(2)53-24-10-7-21-48(53)50-33-32-45(39-58(50)65)67(59-26-14-28-61-62(59)51-23-9-12-27-60(51)68-61)44-18-13-17-42(37-44)43-31-34-55-52(38-43)49-22-8-11-25-54(49)66(55)56-35-29-40-15-3-5-19-46(40)63(56)69-64-47-20-6-4-16-41(47)30-36-57(64)66/h3-39H,1-2H3. The quantitative estimate of drug-likeness (QED) is 0.176. The third kappa shape index (κ3) is 5.17. The SMILES string of the molecule is CC1(C)c2ccccc2-c2ccc(N(c3cccc(-c4ccc5c(c4)-c4ccccc4C54c5ccc6ccccc6c5Oc5c4ccc4ccccc54)c3)c3cccc4oc5ccccc5c34)cc21. The Hall–Kier alpha value is -8.66. The van der Waals surface area contributed by atoms with Crippen LogP contribution in [0.15, 0.2) is 229 Å². The first-order valence-corrected chi connectivity index (χ1v) is 24.0. The summed E-state index contributed by atoms with van der Waals surface area (Å²) in [6, 6.07) is 82.5. The van der Waals surface area contributed by atoms with Crippen LogP contribution >= 0.6 is 0 Å². The summed E-state index contributed by atoms with van der Waals surface area (Å²) in [6.07, 6.45) is 0. The lowest BCUT2D eigenvalue weighted by Crippen LogP contribution is -2.32. The molecule has 69 heavy (non-hydrogen) atoms. The Morgan fingerprint density at radius 1 is 0.362 bits per heavy atom. The number of furan rings is 1. The van der Waals surface area contributed by atoms with E-state index in [1.54, 1.807) is 0 Å². The summed E-state index contributed by atoms with van der Waals surface area (Å²) in [4.78, 5) is 2.44. The predicted octanol–water partition coefficient (Wildman–Crippen LogP) is 17.8. The van der Waals surface area contributed by atoms with E-state index in [0.717, 1.165) is 83.2 Å². The van der Waals surface area contributed by atoms with Crippen LogP contribution in [0.4, 0.5) is 17.1 Å². The van der Waals surface area contributed by atoms with Crippen molar-refractivity contribution in [2.75, 3.05) is 4.90 Å². The molecule has 1 spiro atoms. The van der Waals surface area contributed by atoms with E-state index in [1.807, 2.05) is 6.07 Å². The maximum Gasteiger partial charge on any atom is 0.140 e. The van der Waals surface area contributed by atoms with Gasteiger partial charge in [0, 0.05) is 44.1 Å². The van der Waals surface area contributed by atoms with Crippen molar-refractivity contribution in [1.29, 1.82) is 0 Å². The van der Waals surface area contributed by atoms with Crippen LogP contribution in [-0.4, -0.2) is 0 Å². The van der Waals surface area contributed by atoms with Gasteiger partial charge < -0.3 is 14.1 Å². The average molecular weight is 882 g/mol. The highest BCUT2D eigenvalue weighted by Crippen LogP contribution is 2.64. The lowest BCUT2D eigenvalue weighted by atomic mass is 9.65. The van der Waals surface area contributed by atoms with Gasteiger partial charge in [0.1, 0.15) is 22.7 Å². The van der Waals surface area contributed by atoms with Crippen molar-refractivity contribution < 1.29 is 9.15 Å². The smallest absolute Gasteiger partial charge is 0.140 e. The molecule has 1 aliphatic heterocycles. The van der Waals surface area contributed by atoms with Crippen molar-refractivity contribution in [3.8, 4) is 44.9 Å². The summed E-state index contributed by atoms with van der Waals surface area (Å²) in [7, 11) is 0. The second-order valence-electron chi connectivity index (χ2n) is 19.5. The summed E-state index contributed by atoms with van der Waals surface area (Å²) in [5.74, 6) is 1.85. The predicted molar refractivity (Wildman–Crippen MR) is 284 cm³/mol. The molecule has 15 rings (SSSR count). The minimum absolute atomic E-state index is 0.159. The van der Waals surface area contributed by atoms with Gasteiger partial charge in [0.2, 0.25) is 0 Å². The molecule has 3 nitrogen and oxygen atoms in total. The number of nitrogens with zero attached hydrogens (tertiary/aromatic N) is 1. The molecule has 1 aromatic heterocycles. The van der Waals surface area contributed by atoms with Crippen molar-refractivity contribution in [1.82, 2.24) is 0 Å². The van der Waals surface area contributed by atoms with Crippen LogP contribution < -0.4 is 9.64 Å². The third-order valence-electron chi connectivity index (χ3n) is 15.7. The van der Waals surface area contributed by atoms with Gasteiger partial charge in [-0.05, 0) is 115 Å². The lowest BCUT2D eigenvalue weighted by molar-refractivity contribution is 0.447. The van der Waals surface area contributed by atoms with E-state index in [0.29, 0.717) is 0 Å². The molecule has 0 N–H and O–H groups in total. The Bertz CT molecular complexity index is 4090. The highest BCUT2D eigenvalue weighted by Gasteiger charge is 2.52. The summed E-state index contributed by atoms with van der Waals surface area (Å²) >= 11 is 0. The first-order chi connectivity index (χ1) is 34.0. The fourth-order valence-corrected chi connectivity index (χ4v) is 12.6. The highest BCUT2D eigenvalue weighted by atomic mass is 16.5. The van der Waals surface area contributed by atoms with Gasteiger partial charge in [-0.2, -0.15) is 0 Å². The molecule has 0 unspecified atom stereocenters. The second kappa shape index (κ2) is 13.9. The summed E-state index contributed by atoms with van der Waals surface area (Å²) in [6.45, 7) is 4.71. The number of anilines is 3. The number of para-hydroxylation sites is 1. The molecule has 324 valence electrons. The van der Waals surface area contributed by atoms with E-state index >= 15 is 0 Å². The molecule has 2 heterocycles. The minimum atomic E-state index is -0.604. The van der Waals surface area contributed by atoms with Crippen molar-refractivity contribution in [3.05, 3.63) is 258 Å². The summed E-state index contributed by atoms with van der Waals surface area (Å²) < 4.78 is 13.7. The van der Waals surface area contributed by atoms with Gasteiger partial charge >= 0.3 is 0 Å². The zero-order chi connectivity index (χ0) is 45.6. The molecule has 3 heteroatoms. The molecule has 0 saturated carbocycles. The molecule has 0 bridgehead atoms. The minimum Gasteiger partial charge on any atom is -0.456 e. The summed E-state index contributed by atoms with van der Waals surface area (Å²) in [5.41, 5.74) is 19.2. The fourth-order valence-electron chi connectivity index (χ4n) is 12.6. The molecule has 12 aromatic rings.